The van der Waals surface area contributed by atoms with Crippen molar-refractivity contribution in [3.05, 3.63) is 23.7 Å². The van der Waals surface area contributed by atoms with Crippen LogP contribution in [-0.4, -0.2) is 49.1 Å². The number of hydrogen-bond acceptors (Lipinski definition) is 4. The molecule has 108 valence electrons. The van der Waals surface area contributed by atoms with E-state index in [1.54, 1.807) is 0 Å². The van der Waals surface area contributed by atoms with E-state index in [2.05, 4.69) is 42.1 Å². The Labute approximate surface area is 116 Å². The molecule has 0 radical (unpaired) electrons. The van der Waals surface area contributed by atoms with E-state index in [-0.39, 0.29) is 0 Å². The van der Waals surface area contributed by atoms with Crippen molar-refractivity contribution in [2.24, 2.45) is 0 Å². The highest BCUT2D eigenvalue weighted by Gasteiger charge is 2.22. The van der Waals surface area contributed by atoms with Crippen LogP contribution in [0.2, 0.25) is 0 Å². The minimum Gasteiger partial charge on any atom is -0.468 e. The molecule has 1 aliphatic rings. The van der Waals surface area contributed by atoms with Crippen LogP contribution < -0.4 is 5.32 Å². The summed E-state index contributed by atoms with van der Waals surface area (Å²) >= 11 is 0. The monoisotopic (exact) mass is 265 g/mol. The molecule has 0 aliphatic carbocycles. The van der Waals surface area contributed by atoms with E-state index in [0.717, 1.165) is 45.0 Å². The third-order valence-corrected chi connectivity index (χ3v) is 3.79. The molecule has 0 amide bonds. The molecule has 19 heavy (non-hydrogen) atoms. The maximum atomic E-state index is 5.68. The van der Waals surface area contributed by atoms with E-state index in [1.165, 1.54) is 12.0 Å². The Hall–Kier alpha value is -0.840. The molecule has 1 atom stereocenters. The van der Waals surface area contributed by atoms with Gasteiger partial charge in [-0.25, -0.2) is 0 Å². The summed E-state index contributed by atoms with van der Waals surface area (Å²) in [6, 6.07) is 2.79. The van der Waals surface area contributed by atoms with Crippen LogP contribution in [-0.2, 0) is 13.1 Å². The zero-order chi connectivity index (χ0) is 13.7. The molecular formula is C15H27N3O. The Morgan fingerprint density at radius 1 is 1.42 bits per heavy atom. The maximum Gasteiger partial charge on any atom is 0.118 e. The Morgan fingerprint density at radius 3 is 3.00 bits per heavy atom. The third kappa shape index (κ3) is 4.34. The number of nitrogens with one attached hydrogen (secondary N) is 1. The summed E-state index contributed by atoms with van der Waals surface area (Å²) in [5, 5.41) is 3.40. The van der Waals surface area contributed by atoms with Gasteiger partial charge < -0.3 is 14.6 Å². The predicted molar refractivity (Wildman–Crippen MR) is 78.1 cm³/mol. The van der Waals surface area contributed by atoms with E-state index in [4.69, 9.17) is 4.42 Å². The van der Waals surface area contributed by atoms with E-state index in [0.29, 0.717) is 6.04 Å². The quantitative estimate of drug-likeness (QED) is 0.796. The average molecular weight is 265 g/mol. The molecule has 2 rings (SSSR count). The normalized spacial score (nSPS) is 21.9. The SMILES string of the molecule is CCCNCc1coc(CN2CCN(C)CC2C)c1. The lowest BCUT2D eigenvalue weighted by molar-refractivity contribution is 0.0875. The third-order valence-electron chi connectivity index (χ3n) is 3.79. The fourth-order valence-corrected chi connectivity index (χ4v) is 2.62. The van der Waals surface area contributed by atoms with E-state index < -0.39 is 0 Å². The summed E-state index contributed by atoms with van der Waals surface area (Å²) in [7, 11) is 2.19. The summed E-state index contributed by atoms with van der Waals surface area (Å²) in [6.07, 6.45) is 3.06. The second kappa shape index (κ2) is 7.08. The molecule has 0 aromatic carbocycles. The van der Waals surface area contributed by atoms with Crippen molar-refractivity contribution in [2.75, 3.05) is 33.2 Å². The van der Waals surface area contributed by atoms with Crippen molar-refractivity contribution >= 4 is 0 Å². The van der Waals surface area contributed by atoms with Crippen molar-refractivity contribution in [3.63, 3.8) is 0 Å². The van der Waals surface area contributed by atoms with Gasteiger partial charge in [0.15, 0.2) is 0 Å². The molecule has 1 N–H and O–H groups in total. The average Bonchev–Trinajstić information content (AvgIpc) is 2.81. The highest BCUT2D eigenvalue weighted by atomic mass is 16.3. The summed E-state index contributed by atoms with van der Waals surface area (Å²) < 4.78 is 5.68. The molecule has 1 aliphatic heterocycles. The molecule has 1 aromatic rings. The Kier molecular flexibility index (Phi) is 5.43. The Bertz CT molecular complexity index is 377. The lowest BCUT2D eigenvalue weighted by Crippen LogP contribution is -2.49. The first kappa shape index (κ1) is 14.6. The second-order valence-corrected chi connectivity index (χ2v) is 5.68. The summed E-state index contributed by atoms with van der Waals surface area (Å²) in [4.78, 5) is 4.89. The molecular weight excluding hydrogens is 238 g/mol. The lowest BCUT2D eigenvalue weighted by atomic mass is 10.2. The lowest BCUT2D eigenvalue weighted by Gasteiger charge is -2.37. The van der Waals surface area contributed by atoms with Gasteiger partial charge in [-0.05, 0) is 33.0 Å². The zero-order valence-corrected chi connectivity index (χ0v) is 12.5. The van der Waals surface area contributed by atoms with Crippen molar-refractivity contribution in [2.45, 2.75) is 39.4 Å². The van der Waals surface area contributed by atoms with E-state index in [9.17, 15) is 0 Å². The van der Waals surface area contributed by atoms with Gasteiger partial charge in [-0.15, -0.1) is 0 Å². The Balaban J connectivity index is 1.82. The van der Waals surface area contributed by atoms with Gasteiger partial charge >= 0.3 is 0 Å². The van der Waals surface area contributed by atoms with Crippen molar-refractivity contribution in [1.82, 2.24) is 15.1 Å². The standard InChI is InChI=1S/C15H27N3O/c1-4-5-16-9-14-8-15(19-12-14)11-18-7-6-17(3)10-13(18)2/h8,12-13,16H,4-7,9-11H2,1-3H3. The Morgan fingerprint density at radius 2 is 2.26 bits per heavy atom. The largest absolute Gasteiger partial charge is 0.468 e. The van der Waals surface area contributed by atoms with Crippen LogP contribution in [0.15, 0.2) is 16.7 Å². The number of likely N-dealkylation sites (N-methyl/N-ethyl adjacent to an activating group) is 1. The molecule has 0 bridgehead atoms. The molecule has 1 aromatic heterocycles. The summed E-state index contributed by atoms with van der Waals surface area (Å²) in [5.74, 6) is 1.09. The van der Waals surface area contributed by atoms with E-state index >= 15 is 0 Å². The summed E-state index contributed by atoms with van der Waals surface area (Å²) in [6.45, 7) is 10.8. The van der Waals surface area contributed by atoms with Crippen LogP contribution in [0, 0.1) is 0 Å². The van der Waals surface area contributed by atoms with Gasteiger partial charge in [0.2, 0.25) is 0 Å². The van der Waals surface area contributed by atoms with Gasteiger partial charge in [-0.3, -0.25) is 4.90 Å². The predicted octanol–water partition coefficient (Wildman–Crippen LogP) is 1.92. The first-order chi connectivity index (χ1) is 9.19. The molecule has 2 heterocycles. The molecule has 4 heteroatoms. The highest BCUT2D eigenvalue weighted by Crippen LogP contribution is 2.15. The topological polar surface area (TPSA) is 31.7 Å². The molecule has 4 nitrogen and oxygen atoms in total. The number of furan rings is 1. The van der Waals surface area contributed by atoms with Gasteiger partial charge in [0.1, 0.15) is 5.76 Å². The molecule has 0 saturated carbocycles. The van der Waals surface area contributed by atoms with Crippen LogP contribution in [0.1, 0.15) is 31.6 Å². The van der Waals surface area contributed by atoms with Crippen LogP contribution >= 0.6 is 0 Å². The fraction of sp³-hybridized carbons (Fsp3) is 0.733. The van der Waals surface area contributed by atoms with Crippen LogP contribution in [0.3, 0.4) is 0 Å². The zero-order valence-electron chi connectivity index (χ0n) is 12.5. The van der Waals surface area contributed by atoms with Crippen molar-refractivity contribution < 1.29 is 4.42 Å². The molecule has 1 saturated heterocycles. The van der Waals surface area contributed by atoms with Crippen molar-refractivity contribution in [3.8, 4) is 0 Å². The minimum absolute atomic E-state index is 0.602. The van der Waals surface area contributed by atoms with Gasteiger partial charge in [0, 0.05) is 37.8 Å². The summed E-state index contributed by atoms with van der Waals surface area (Å²) in [5.41, 5.74) is 1.25. The maximum absolute atomic E-state index is 5.68. The van der Waals surface area contributed by atoms with Gasteiger partial charge in [0.25, 0.3) is 0 Å². The van der Waals surface area contributed by atoms with Gasteiger partial charge in [-0.2, -0.15) is 0 Å². The highest BCUT2D eigenvalue weighted by molar-refractivity contribution is 5.12. The fourth-order valence-electron chi connectivity index (χ4n) is 2.62. The van der Waals surface area contributed by atoms with Crippen LogP contribution in [0.25, 0.3) is 0 Å². The number of hydrogen-bond donors (Lipinski definition) is 1. The molecule has 0 spiro atoms. The van der Waals surface area contributed by atoms with Crippen LogP contribution in [0.4, 0.5) is 0 Å². The molecule has 1 unspecified atom stereocenters. The number of piperazine rings is 1. The van der Waals surface area contributed by atoms with Crippen molar-refractivity contribution in [1.29, 1.82) is 0 Å². The first-order valence-corrected chi connectivity index (χ1v) is 7.38. The van der Waals surface area contributed by atoms with Crippen LogP contribution in [0.5, 0.6) is 0 Å². The second-order valence-electron chi connectivity index (χ2n) is 5.68. The minimum atomic E-state index is 0.602. The van der Waals surface area contributed by atoms with Gasteiger partial charge in [0.05, 0.1) is 12.8 Å². The van der Waals surface area contributed by atoms with Gasteiger partial charge in [-0.1, -0.05) is 6.92 Å². The molecule has 1 fully saturated rings. The smallest absolute Gasteiger partial charge is 0.118 e. The number of rotatable bonds is 6. The van der Waals surface area contributed by atoms with E-state index in [1.807, 2.05) is 6.26 Å². The first-order valence-electron chi connectivity index (χ1n) is 7.38. The number of nitrogens with zero attached hydrogens (tertiary/aromatic N) is 2.